The van der Waals surface area contributed by atoms with Gasteiger partial charge >= 0.3 is 0 Å². The van der Waals surface area contributed by atoms with E-state index in [1.807, 2.05) is 30.5 Å². The van der Waals surface area contributed by atoms with Crippen LogP contribution in [0, 0.1) is 11.3 Å². The van der Waals surface area contributed by atoms with Crippen LogP contribution >= 0.6 is 0 Å². The van der Waals surface area contributed by atoms with E-state index in [1.54, 1.807) is 13.3 Å². The Morgan fingerprint density at radius 2 is 1.97 bits per heavy atom. The average Bonchev–Trinajstić information content (AvgIpc) is 2.88. The standard InChI is InChI=1S/C27H30N4O3/c1-32-13-3-2-4-23-7-5-20(19-30-23)16-27-29-12-9-25(31-27)21-6-8-26(22(17-21)18-28)34-24-10-14-33-15-11-24/h5-9,12,17,19,24H,2-4,10-11,13-16H2,1H3. The van der Waals surface area contributed by atoms with Crippen molar-refractivity contribution in [2.24, 2.45) is 0 Å². The van der Waals surface area contributed by atoms with E-state index >= 15 is 0 Å². The molecule has 0 saturated carbocycles. The van der Waals surface area contributed by atoms with Gasteiger partial charge < -0.3 is 14.2 Å². The Kier molecular flexibility index (Phi) is 8.55. The Morgan fingerprint density at radius 1 is 1.09 bits per heavy atom. The highest BCUT2D eigenvalue weighted by Gasteiger charge is 2.17. The molecule has 1 aliphatic heterocycles. The largest absolute Gasteiger partial charge is 0.489 e. The molecule has 34 heavy (non-hydrogen) atoms. The number of hydrogen-bond acceptors (Lipinski definition) is 7. The van der Waals surface area contributed by atoms with Crippen molar-refractivity contribution in [1.29, 1.82) is 5.26 Å². The number of nitrogens with zero attached hydrogens (tertiary/aromatic N) is 4. The van der Waals surface area contributed by atoms with Gasteiger partial charge in [0.25, 0.3) is 0 Å². The van der Waals surface area contributed by atoms with E-state index in [4.69, 9.17) is 19.2 Å². The van der Waals surface area contributed by atoms with E-state index in [1.165, 1.54) is 0 Å². The van der Waals surface area contributed by atoms with E-state index in [0.717, 1.165) is 61.2 Å². The third-order valence-corrected chi connectivity index (χ3v) is 5.84. The maximum atomic E-state index is 9.67. The third-order valence-electron chi connectivity index (χ3n) is 5.84. The molecule has 2 aromatic heterocycles. The minimum absolute atomic E-state index is 0.0858. The molecule has 176 valence electrons. The third kappa shape index (κ3) is 6.60. The summed E-state index contributed by atoms with van der Waals surface area (Å²) >= 11 is 0. The van der Waals surface area contributed by atoms with Crippen LogP contribution in [0.15, 0.2) is 48.8 Å². The molecule has 3 heterocycles. The zero-order valence-electron chi connectivity index (χ0n) is 19.6. The summed E-state index contributed by atoms with van der Waals surface area (Å²) < 4.78 is 16.6. The van der Waals surface area contributed by atoms with Gasteiger partial charge in [-0.15, -0.1) is 0 Å². The molecule has 0 amide bonds. The number of unbranched alkanes of at least 4 members (excludes halogenated alkanes) is 1. The fraction of sp³-hybridized carbons (Fsp3) is 0.407. The molecule has 0 unspecified atom stereocenters. The number of benzene rings is 1. The van der Waals surface area contributed by atoms with Gasteiger partial charge in [-0.2, -0.15) is 5.26 Å². The number of aryl methyl sites for hydroxylation is 1. The zero-order chi connectivity index (χ0) is 23.6. The van der Waals surface area contributed by atoms with Crippen molar-refractivity contribution in [1.82, 2.24) is 15.0 Å². The molecule has 0 aliphatic carbocycles. The van der Waals surface area contributed by atoms with Gasteiger partial charge in [0.1, 0.15) is 23.7 Å². The normalized spacial score (nSPS) is 14.0. The predicted molar refractivity (Wildman–Crippen MR) is 129 cm³/mol. The lowest BCUT2D eigenvalue weighted by Gasteiger charge is -2.23. The number of pyridine rings is 1. The van der Waals surface area contributed by atoms with Gasteiger partial charge in [0.15, 0.2) is 0 Å². The fourth-order valence-electron chi connectivity index (χ4n) is 3.94. The monoisotopic (exact) mass is 458 g/mol. The lowest BCUT2D eigenvalue weighted by Crippen LogP contribution is -2.26. The van der Waals surface area contributed by atoms with Crippen molar-refractivity contribution >= 4 is 0 Å². The van der Waals surface area contributed by atoms with Gasteiger partial charge in [0.05, 0.1) is 24.5 Å². The van der Waals surface area contributed by atoms with Crippen LogP contribution in [0.5, 0.6) is 5.75 Å². The molecule has 7 heteroatoms. The summed E-state index contributed by atoms with van der Waals surface area (Å²) in [7, 11) is 1.73. The molecule has 0 radical (unpaired) electrons. The molecule has 1 saturated heterocycles. The highest BCUT2D eigenvalue weighted by atomic mass is 16.5. The average molecular weight is 459 g/mol. The summed E-state index contributed by atoms with van der Waals surface area (Å²) in [5.74, 6) is 1.33. The molecule has 0 bridgehead atoms. The maximum Gasteiger partial charge on any atom is 0.137 e. The van der Waals surface area contributed by atoms with Crippen LogP contribution in [0.2, 0.25) is 0 Å². The van der Waals surface area contributed by atoms with Gasteiger partial charge in [-0.05, 0) is 55.2 Å². The van der Waals surface area contributed by atoms with Crippen LogP contribution < -0.4 is 4.74 Å². The summed E-state index contributed by atoms with van der Waals surface area (Å²) in [5.41, 5.74) is 4.30. The van der Waals surface area contributed by atoms with E-state index in [-0.39, 0.29) is 6.10 Å². The molecular weight excluding hydrogens is 428 g/mol. The van der Waals surface area contributed by atoms with Gasteiger partial charge in [-0.25, -0.2) is 9.97 Å². The second-order valence-corrected chi connectivity index (χ2v) is 8.39. The quantitative estimate of drug-likeness (QED) is 0.412. The summed E-state index contributed by atoms with van der Waals surface area (Å²) in [4.78, 5) is 13.7. The van der Waals surface area contributed by atoms with Crippen LogP contribution in [0.3, 0.4) is 0 Å². The van der Waals surface area contributed by atoms with Crippen molar-refractivity contribution in [3.05, 3.63) is 71.4 Å². The van der Waals surface area contributed by atoms with Gasteiger partial charge in [0, 0.05) is 56.6 Å². The van der Waals surface area contributed by atoms with E-state index in [0.29, 0.717) is 36.8 Å². The van der Waals surface area contributed by atoms with Crippen molar-refractivity contribution in [2.75, 3.05) is 26.9 Å². The van der Waals surface area contributed by atoms with Crippen LogP contribution in [0.25, 0.3) is 11.3 Å². The minimum atomic E-state index is 0.0858. The smallest absolute Gasteiger partial charge is 0.137 e. The maximum absolute atomic E-state index is 9.67. The predicted octanol–water partition coefficient (Wildman–Crippen LogP) is 4.53. The minimum Gasteiger partial charge on any atom is -0.489 e. The summed E-state index contributed by atoms with van der Waals surface area (Å²) in [5, 5.41) is 9.67. The van der Waals surface area contributed by atoms with Gasteiger partial charge in [0.2, 0.25) is 0 Å². The summed E-state index contributed by atoms with van der Waals surface area (Å²) in [6, 6.07) is 13.9. The molecule has 7 nitrogen and oxygen atoms in total. The van der Waals surface area contributed by atoms with Gasteiger partial charge in [-0.1, -0.05) is 6.07 Å². The topological polar surface area (TPSA) is 90.2 Å². The first-order chi connectivity index (χ1) is 16.7. The van der Waals surface area contributed by atoms with Gasteiger partial charge in [-0.3, -0.25) is 4.98 Å². The SMILES string of the molecule is COCCCCc1ccc(Cc2nccc(-c3ccc(OC4CCOCC4)c(C#N)c3)n2)cn1. The molecular formula is C27H30N4O3. The molecule has 1 aliphatic rings. The second kappa shape index (κ2) is 12.2. The number of rotatable bonds is 10. The Labute approximate surface area is 200 Å². The molecule has 1 fully saturated rings. The van der Waals surface area contributed by atoms with E-state index < -0.39 is 0 Å². The first-order valence-corrected chi connectivity index (χ1v) is 11.8. The number of nitriles is 1. The van der Waals surface area contributed by atoms with Crippen LogP contribution in [-0.4, -0.2) is 48.0 Å². The Hall–Kier alpha value is -3.34. The molecule has 0 atom stereocenters. The van der Waals surface area contributed by atoms with Crippen molar-refractivity contribution in [3.63, 3.8) is 0 Å². The van der Waals surface area contributed by atoms with Crippen LogP contribution in [0.1, 0.15) is 48.3 Å². The van der Waals surface area contributed by atoms with Crippen molar-refractivity contribution in [2.45, 2.75) is 44.6 Å². The number of aromatic nitrogens is 3. The van der Waals surface area contributed by atoms with Crippen molar-refractivity contribution < 1.29 is 14.2 Å². The molecule has 3 aromatic rings. The highest BCUT2D eigenvalue weighted by molar-refractivity contribution is 5.64. The Morgan fingerprint density at radius 3 is 2.74 bits per heavy atom. The van der Waals surface area contributed by atoms with E-state index in [2.05, 4.69) is 28.2 Å². The number of methoxy groups -OCH3 is 1. The Balaban J connectivity index is 1.42. The Bertz CT molecular complexity index is 1110. The molecule has 1 aromatic carbocycles. The van der Waals surface area contributed by atoms with Crippen LogP contribution in [0.4, 0.5) is 0 Å². The fourth-order valence-corrected chi connectivity index (χ4v) is 3.94. The van der Waals surface area contributed by atoms with Crippen LogP contribution in [-0.2, 0) is 22.3 Å². The number of ether oxygens (including phenoxy) is 3. The van der Waals surface area contributed by atoms with Crippen molar-refractivity contribution in [3.8, 4) is 23.1 Å². The zero-order valence-corrected chi connectivity index (χ0v) is 19.6. The lowest BCUT2D eigenvalue weighted by atomic mass is 10.1. The lowest BCUT2D eigenvalue weighted by molar-refractivity contribution is 0.0254. The summed E-state index contributed by atoms with van der Waals surface area (Å²) in [6.45, 7) is 2.18. The first-order valence-electron chi connectivity index (χ1n) is 11.8. The molecule has 0 N–H and O–H groups in total. The summed E-state index contributed by atoms with van der Waals surface area (Å²) in [6.07, 6.45) is 9.07. The molecule has 4 rings (SSSR count). The highest BCUT2D eigenvalue weighted by Crippen LogP contribution is 2.27. The first kappa shape index (κ1) is 23.8. The van der Waals surface area contributed by atoms with E-state index in [9.17, 15) is 5.26 Å². The number of hydrogen-bond donors (Lipinski definition) is 0. The second-order valence-electron chi connectivity index (χ2n) is 8.39. The molecule has 0 spiro atoms.